The van der Waals surface area contributed by atoms with E-state index in [1.54, 1.807) is 26.2 Å². The molecule has 0 atom stereocenters. The Balaban J connectivity index is 0.00000227. The monoisotopic (exact) mass is 542 g/mol. The first kappa shape index (κ1) is 33.9. The Bertz CT molecular complexity index is 858. The van der Waals surface area contributed by atoms with E-state index in [0.717, 1.165) is 42.7 Å². The summed E-state index contributed by atoms with van der Waals surface area (Å²) in [5, 5.41) is 2.81. The fraction of sp³-hybridized carbons (Fsp3) is 0.560. The van der Waals surface area contributed by atoms with Gasteiger partial charge in [-0.2, -0.15) is 0 Å². The number of nitrogens with two attached hydrogens (primary N) is 2. The number of hydrogen-bond acceptors (Lipinski definition) is 8. The summed E-state index contributed by atoms with van der Waals surface area (Å²) in [6.07, 6.45) is 3.45. The van der Waals surface area contributed by atoms with Gasteiger partial charge in [-0.1, -0.05) is 67.7 Å². The number of quaternary nitrogens is 1. The molecule has 9 nitrogen and oxygen atoms in total. The molecule has 1 aromatic carbocycles. The molecule has 204 valence electrons. The van der Waals surface area contributed by atoms with E-state index in [0.29, 0.717) is 6.54 Å². The number of aromatic nitrogens is 2. The molecule has 11 heteroatoms. The molecular formula is C25H45ClN7O2S+. The van der Waals surface area contributed by atoms with Crippen LogP contribution in [0.1, 0.15) is 49.2 Å². The summed E-state index contributed by atoms with van der Waals surface area (Å²) >= 11 is 7.59. The van der Waals surface area contributed by atoms with Crippen LogP contribution in [0, 0.1) is 0 Å². The highest BCUT2D eigenvalue weighted by Crippen LogP contribution is 2.17. The van der Waals surface area contributed by atoms with Gasteiger partial charge in [0.05, 0.1) is 33.7 Å². The number of benzene rings is 1. The fourth-order valence-electron chi connectivity index (χ4n) is 2.97. The first-order valence-electron chi connectivity index (χ1n) is 12.2. The second-order valence-corrected chi connectivity index (χ2v) is 9.63. The summed E-state index contributed by atoms with van der Waals surface area (Å²) in [4.78, 5) is 20.0. The van der Waals surface area contributed by atoms with Crippen LogP contribution in [0.2, 0.25) is 5.15 Å². The Kier molecular flexibility index (Phi) is 18.8. The number of nitrogens with one attached hydrogen (secondary N) is 2. The molecule has 2 aromatic rings. The van der Waals surface area contributed by atoms with Gasteiger partial charge in [0.2, 0.25) is 0 Å². The lowest BCUT2D eigenvalue weighted by Gasteiger charge is -2.30. The molecule has 1 heterocycles. The molecule has 0 spiro atoms. The zero-order valence-electron chi connectivity index (χ0n) is 22.6. The molecular weight excluding hydrogens is 498 g/mol. The number of carbonyl (C=O) groups excluding carboxylic acids is 1. The third kappa shape index (κ3) is 15.1. The molecule has 2 rings (SSSR count). The Morgan fingerprint density at radius 1 is 1.00 bits per heavy atom. The number of amides is 1. The van der Waals surface area contributed by atoms with Crippen LogP contribution in [0.25, 0.3) is 0 Å². The van der Waals surface area contributed by atoms with Gasteiger partial charge in [-0.05, 0) is 24.8 Å². The van der Waals surface area contributed by atoms with Crippen LogP contribution < -0.4 is 21.5 Å². The van der Waals surface area contributed by atoms with Crippen LogP contribution >= 0.6 is 23.5 Å². The number of nitrogen functional groups attached to an aromatic ring is 2. The highest BCUT2D eigenvalue weighted by molar-refractivity contribution is 7.96. The number of ether oxygens (including phenoxy) is 1. The Morgan fingerprint density at radius 2 is 1.64 bits per heavy atom. The van der Waals surface area contributed by atoms with Gasteiger partial charge in [0.15, 0.2) is 22.5 Å². The van der Waals surface area contributed by atoms with Crippen LogP contribution in [0.5, 0.6) is 0 Å². The molecule has 0 aliphatic carbocycles. The molecule has 0 fully saturated rings. The normalized spacial score (nSPS) is 10.5. The second kappa shape index (κ2) is 20.0. The van der Waals surface area contributed by atoms with E-state index < -0.39 is 5.91 Å². The van der Waals surface area contributed by atoms with E-state index in [-0.39, 0.29) is 22.5 Å². The van der Waals surface area contributed by atoms with Crippen molar-refractivity contribution in [1.29, 1.82) is 0 Å². The number of carbonyl (C=O) groups is 1. The predicted molar refractivity (Wildman–Crippen MR) is 154 cm³/mol. The third-order valence-corrected chi connectivity index (χ3v) is 6.01. The van der Waals surface area contributed by atoms with Crippen LogP contribution in [-0.4, -0.2) is 74.9 Å². The summed E-state index contributed by atoms with van der Waals surface area (Å²) in [5.41, 5.74) is 12.6. The van der Waals surface area contributed by atoms with Crippen molar-refractivity contribution < 1.29 is 14.0 Å². The average molecular weight is 543 g/mol. The van der Waals surface area contributed by atoms with Crippen molar-refractivity contribution in [2.45, 2.75) is 38.9 Å². The van der Waals surface area contributed by atoms with E-state index in [1.807, 2.05) is 19.9 Å². The van der Waals surface area contributed by atoms with Crippen molar-refractivity contribution in [1.82, 2.24) is 20.0 Å². The van der Waals surface area contributed by atoms with Gasteiger partial charge < -0.3 is 26.0 Å². The predicted octanol–water partition coefficient (Wildman–Crippen LogP) is 4.00. The summed E-state index contributed by atoms with van der Waals surface area (Å²) in [7, 11) is 7.57. The smallest absolute Gasteiger partial charge is 0.273 e. The van der Waals surface area contributed by atoms with Gasteiger partial charge in [-0.3, -0.25) is 9.52 Å². The minimum absolute atomic E-state index is 0.00198. The van der Waals surface area contributed by atoms with Crippen LogP contribution in [0.15, 0.2) is 30.3 Å². The third-order valence-electron chi connectivity index (χ3n) is 4.85. The Hall–Kier alpha value is -2.11. The lowest BCUT2D eigenvalue weighted by molar-refractivity contribution is -0.889. The molecule has 0 unspecified atom stereocenters. The Morgan fingerprint density at radius 3 is 2.28 bits per heavy atom. The fourth-order valence-corrected chi connectivity index (χ4v) is 3.85. The molecule has 0 saturated carbocycles. The van der Waals surface area contributed by atoms with E-state index in [9.17, 15) is 4.79 Å². The number of methoxy groups -OCH3 is 1. The van der Waals surface area contributed by atoms with E-state index in [4.69, 9.17) is 23.1 Å². The highest BCUT2D eigenvalue weighted by Gasteiger charge is 2.18. The number of unbranched alkanes of at least 4 members (excludes halogenated alkanes) is 2. The average Bonchev–Trinajstić information content (AvgIpc) is 2.85. The number of nitrogens with zero attached hydrogens (tertiary/aromatic N) is 3. The zero-order chi connectivity index (χ0) is 27.4. The van der Waals surface area contributed by atoms with E-state index in [1.165, 1.54) is 12.0 Å². The molecule has 0 aliphatic rings. The molecule has 0 saturated heterocycles. The number of anilines is 2. The minimum atomic E-state index is -0.397. The van der Waals surface area contributed by atoms with Crippen molar-refractivity contribution in [3.05, 3.63) is 46.7 Å². The Labute approximate surface area is 226 Å². The zero-order valence-corrected chi connectivity index (χ0v) is 24.2. The number of halogens is 1. The summed E-state index contributed by atoms with van der Waals surface area (Å²) in [5.74, 6) is 0.573. The van der Waals surface area contributed by atoms with Crippen molar-refractivity contribution in [2.75, 3.05) is 66.0 Å². The van der Waals surface area contributed by atoms with Gasteiger partial charge in [0, 0.05) is 26.5 Å². The van der Waals surface area contributed by atoms with Crippen molar-refractivity contribution in [2.24, 2.45) is 0 Å². The van der Waals surface area contributed by atoms with Gasteiger partial charge >= 0.3 is 0 Å². The standard InChI is InChI=1S/C21H32ClN7OS.C2H6O.C2H6/c1-29(2,13-8-4-7-11-26-31-15-16-9-5-3-6-10-16)14-12-25-21(30)17-19(23)28-20(24)18(22)27-17;1-3-2;1-2/h3,5-6,9-10,26H,4,7-8,11-15H2,1-2H3,(H4-,23,24,25,28,30);1-2H3;1-2H3/p+1. The SMILES string of the molecule is CC.COC.C[N+](C)(CCCCCNSCc1ccccc1)CCNC(=O)c1nc(Cl)c(N)nc1N. The first-order valence-corrected chi connectivity index (χ1v) is 13.5. The van der Waals surface area contributed by atoms with E-state index >= 15 is 0 Å². The van der Waals surface area contributed by atoms with Gasteiger partial charge in [0.1, 0.15) is 0 Å². The first-order chi connectivity index (χ1) is 17.2. The highest BCUT2D eigenvalue weighted by atomic mass is 35.5. The molecule has 36 heavy (non-hydrogen) atoms. The number of likely N-dealkylation sites (N-methyl/N-ethyl adjacent to an activating group) is 1. The molecule has 0 radical (unpaired) electrons. The van der Waals surface area contributed by atoms with Gasteiger partial charge in [-0.25, -0.2) is 9.97 Å². The quantitative estimate of drug-likeness (QED) is 0.170. The summed E-state index contributed by atoms with van der Waals surface area (Å²) in [6, 6.07) is 10.5. The topological polar surface area (TPSA) is 128 Å². The maximum Gasteiger partial charge on any atom is 0.273 e. The molecule has 1 aromatic heterocycles. The largest absolute Gasteiger partial charge is 0.388 e. The number of rotatable bonds is 13. The second-order valence-electron chi connectivity index (χ2n) is 8.41. The lowest BCUT2D eigenvalue weighted by Crippen LogP contribution is -2.46. The van der Waals surface area contributed by atoms with Crippen molar-refractivity contribution in [3.8, 4) is 0 Å². The minimum Gasteiger partial charge on any atom is -0.388 e. The maximum atomic E-state index is 12.3. The maximum absolute atomic E-state index is 12.3. The number of hydrogen-bond donors (Lipinski definition) is 4. The molecule has 0 aliphatic heterocycles. The summed E-state index contributed by atoms with van der Waals surface area (Å²) < 4.78 is 8.50. The molecule has 0 bridgehead atoms. The van der Waals surface area contributed by atoms with Crippen LogP contribution in [0.4, 0.5) is 11.6 Å². The van der Waals surface area contributed by atoms with Crippen molar-refractivity contribution >= 4 is 41.1 Å². The van der Waals surface area contributed by atoms with Gasteiger partial charge in [-0.15, -0.1) is 0 Å². The van der Waals surface area contributed by atoms with Crippen molar-refractivity contribution in [3.63, 3.8) is 0 Å². The summed E-state index contributed by atoms with van der Waals surface area (Å²) in [6.45, 7) is 7.36. The molecule has 1 amide bonds. The van der Waals surface area contributed by atoms with Crippen LogP contribution in [-0.2, 0) is 10.5 Å². The van der Waals surface area contributed by atoms with E-state index in [2.05, 4.69) is 63.1 Å². The lowest BCUT2D eigenvalue weighted by atomic mass is 10.2. The van der Waals surface area contributed by atoms with Crippen LogP contribution in [0.3, 0.4) is 0 Å². The van der Waals surface area contributed by atoms with Gasteiger partial charge in [0.25, 0.3) is 5.91 Å². The molecule has 6 N–H and O–H groups in total.